The third-order valence-electron chi connectivity index (χ3n) is 2.55. The van der Waals surface area contributed by atoms with E-state index in [1.54, 1.807) is 24.3 Å². The lowest BCUT2D eigenvalue weighted by Gasteiger charge is -2.07. The van der Waals surface area contributed by atoms with Gasteiger partial charge in [0.05, 0.1) is 29.2 Å². The van der Waals surface area contributed by atoms with E-state index in [9.17, 15) is 4.79 Å². The van der Waals surface area contributed by atoms with E-state index in [1.807, 2.05) is 6.92 Å². The number of ether oxygens (including phenoxy) is 1. The molecule has 1 amide bonds. The first-order valence-corrected chi connectivity index (χ1v) is 6.43. The largest absolute Gasteiger partial charge is 0.478 e. The molecular formula is C14H14ClN3O2. The number of carbonyl (C=O) groups is 1. The molecule has 0 radical (unpaired) electrons. The van der Waals surface area contributed by atoms with Crippen molar-refractivity contribution in [3.05, 3.63) is 47.1 Å². The number of nitrogens with one attached hydrogen (secondary N) is 1. The number of nitrogen functional groups attached to an aromatic ring is 1. The molecule has 5 nitrogen and oxygen atoms in total. The Hall–Kier alpha value is -2.27. The summed E-state index contributed by atoms with van der Waals surface area (Å²) < 4.78 is 5.22. The van der Waals surface area contributed by atoms with Crippen molar-refractivity contribution < 1.29 is 9.53 Å². The van der Waals surface area contributed by atoms with E-state index in [4.69, 9.17) is 22.1 Å². The molecule has 0 atom stereocenters. The summed E-state index contributed by atoms with van der Waals surface area (Å²) in [6.07, 6.45) is 1.53. The zero-order valence-electron chi connectivity index (χ0n) is 10.9. The Morgan fingerprint density at radius 3 is 2.80 bits per heavy atom. The molecule has 0 aliphatic heterocycles. The lowest BCUT2D eigenvalue weighted by Crippen LogP contribution is -2.12. The fourth-order valence-electron chi connectivity index (χ4n) is 1.56. The average Bonchev–Trinajstić information content (AvgIpc) is 2.44. The van der Waals surface area contributed by atoms with Gasteiger partial charge in [-0.25, -0.2) is 4.98 Å². The summed E-state index contributed by atoms with van der Waals surface area (Å²) >= 11 is 5.88. The minimum Gasteiger partial charge on any atom is -0.478 e. The molecule has 1 aromatic carbocycles. The maximum atomic E-state index is 12.0. The van der Waals surface area contributed by atoms with Crippen LogP contribution in [0.5, 0.6) is 5.88 Å². The standard InChI is InChI=1S/C14H14ClN3O2/c1-2-20-13-6-4-10(8-17-13)18-14(19)9-3-5-12(16)11(15)7-9/h3-8H,2,16H2,1H3,(H,18,19). The number of benzene rings is 1. The van der Waals surface area contributed by atoms with Crippen LogP contribution in [0.4, 0.5) is 11.4 Å². The summed E-state index contributed by atoms with van der Waals surface area (Å²) in [5.74, 6) is 0.235. The number of rotatable bonds is 4. The van der Waals surface area contributed by atoms with Gasteiger partial charge in [0, 0.05) is 11.6 Å². The summed E-state index contributed by atoms with van der Waals surface area (Å²) in [4.78, 5) is 16.1. The second-order valence-corrected chi connectivity index (χ2v) is 4.42. The van der Waals surface area contributed by atoms with Gasteiger partial charge in [-0.05, 0) is 31.2 Å². The first kappa shape index (κ1) is 14.1. The van der Waals surface area contributed by atoms with Gasteiger partial charge in [0.1, 0.15) is 0 Å². The minimum atomic E-state index is -0.280. The topological polar surface area (TPSA) is 77.2 Å². The number of aromatic nitrogens is 1. The molecule has 104 valence electrons. The Balaban J connectivity index is 2.08. The molecule has 0 saturated heterocycles. The fraction of sp³-hybridized carbons (Fsp3) is 0.143. The normalized spacial score (nSPS) is 10.1. The number of carbonyl (C=O) groups excluding carboxylic acids is 1. The zero-order valence-corrected chi connectivity index (χ0v) is 11.6. The van der Waals surface area contributed by atoms with Crippen molar-refractivity contribution in [2.24, 2.45) is 0 Å². The predicted octanol–water partition coefficient (Wildman–Crippen LogP) is 2.97. The maximum absolute atomic E-state index is 12.0. The maximum Gasteiger partial charge on any atom is 0.255 e. The number of hydrogen-bond acceptors (Lipinski definition) is 4. The Labute approximate surface area is 121 Å². The SMILES string of the molecule is CCOc1ccc(NC(=O)c2ccc(N)c(Cl)c2)cn1. The molecule has 2 aromatic rings. The molecule has 0 unspecified atom stereocenters. The van der Waals surface area contributed by atoms with Gasteiger partial charge in [0.15, 0.2) is 0 Å². The lowest BCUT2D eigenvalue weighted by molar-refractivity contribution is 0.102. The van der Waals surface area contributed by atoms with E-state index in [-0.39, 0.29) is 5.91 Å². The molecule has 0 bridgehead atoms. The molecule has 6 heteroatoms. The highest BCUT2D eigenvalue weighted by Gasteiger charge is 2.08. The molecule has 0 saturated carbocycles. The molecule has 0 aliphatic rings. The minimum absolute atomic E-state index is 0.280. The Morgan fingerprint density at radius 1 is 1.40 bits per heavy atom. The van der Waals surface area contributed by atoms with Crippen LogP contribution in [0.2, 0.25) is 5.02 Å². The van der Waals surface area contributed by atoms with Crippen LogP contribution >= 0.6 is 11.6 Å². The van der Waals surface area contributed by atoms with Crippen molar-refractivity contribution in [1.82, 2.24) is 4.98 Å². The first-order valence-electron chi connectivity index (χ1n) is 6.05. The second kappa shape index (κ2) is 6.25. The number of pyridine rings is 1. The van der Waals surface area contributed by atoms with Gasteiger partial charge in [-0.2, -0.15) is 0 Å². The van der Waals surface area contributed by atoms with Crippen LogP contribution in [0, 0.1) is 0 Å². The zero-order chi connectivity index (χ0) is 14.5. The van der Waals surface area contributed by atoms with Gasteiger partial charge in [-0.3, -0.25) is 4.79 Å². The van der Waals surface area contributed by atoms with Crippen molar-refractivity contribution >= 4 is 28.9 Å². The van der Waals surface area contributed by atoms with Crippen molar-refractivity contribution in [3.63, 3.8) is 0 Å². The van der Waals surface area contributed by atoms with Gasteiger partial charge < -0.3 is 15.8 Å². The number of amides is 1. The van der Waals surface area contributed by atoms with E-state index in [2.05, 4.69) is 10.3 Å². The van der Waals surface area contributed by atoms with E-state index in [0.717, 1.165) is 0 Å². The number of hydrogen-bond donors (Lipinski definition) is 2. The molecule has 3 N–H and O–H groups in total. The molecule has 20 heavy (non-hydrogen) atoms. The third-order valence-corrected chi connectivity index (χ3v) is 2.88. The van der Waals surface area contributed by atoms with Crippen molar-refractivity contribution in [3.8, 4) is 5.88 Å². The van der Waals surface area contributed by atoms with E-state index in [0.29, 0.717) is 34.4 Å². The predicted molar refractivity (Wildman–Crippen MR) is 79.2 cm³/mol. The molecule has 0 fully saturated rings. The molecule has 1 aromatic heterocycles. The number of nitrogens with two attached hydrogens (primary N) is 1. The quantitative estimate of drug-likeness (QED) is 0.849. The summed E-state index contributed by atoms with van der Waals surface area (Å²) in [5.41, 5.74) is 7.04. The smallest absolute Gasteiger partial charge is 0.255 e. The monoisotopic (exact) mass is 291 g/mol. The molecule has 0 aliphatic carbocycles. The van der Waals surface area contributed by atoms with Gasteiger partial charge in [-0.15, -0.1) is 0 Å². The van der Waals surface area contributed by atoms with Crippen LogP contribution in [0.1, 0.15) is 17.3 Å². The summed E-state index contributed by atoms with van der Waals surface area (Å²) in [7, 11) is 0. The van der Waals surface area contributed by atoms with Gasteiger partial charge in [-0.1, -0.05) is 11.6 Å². The van der Waals surface area contributed by atoms with Crippen LogP contribution in [-0.4, -0.2) is 17.5 Å². The van der Waals surface area contributed by atoms with Crippen LogP contribution in [0.15, 0.2) is 36.5 Å². The van der Waals surface area contributed by atoms with Gasteiger partial charge in [0.25, 0.3) is 5.91 Å². The molecule has 1 heterocycles. The lowest BCUT2D eigenvalue weighted by atomic mass is 10.2. The summed E-state index contributed by atoms with van der Waals surface area (Å²) in [6.45, 7) is 2.42. The summed E-state index contributed by atoms with van der Waals surface area (Å²) in [6, 6.07) is 8.13. The van der Waals surface area contributed by atoms with Crippen molar-refractivity contribution in [2.75, 3.05) is 17.7 Å². The van der Waals surface area contributed by atoms with Crippen molar-refractivity contribution in [2.45, 2.75) is 6.92 Å². The van der Waals surface area contributed by atoms with E-state index < -0.39 is 0 Å². The molecule has 2 rings (SSSR count). The number of nitrogens with zero attached hydrogens (tertiary/aromatic N) is 1. The molecule has 0 spiro atoms. The highest BCUT2D eigenvalue weighted by molar-refractivity contribution is 6.33. The van der Waals surface area contributed by atoms with E-state index >= 15 is 0 Å². The number of halogens is 1. The van der Waals surface area contributed by atoms with E-state index in [1.165, 1.54) is 12.3 Å². The van der Waals surface area contributed by atoms with Gasteiger partial charge >= 0.3 is 0 Å². The Kier molecular flexibility index (Phi) is 4.42. The van der Waals surface area contributed by atoms with Gasteiger partial charge in [0.2, 0.25) is 5.88 Å². The highest BCUT2D eigenvalue weighted by Crippen LogP contribution is 2.20. The second-order valence-electron chi connectivity index (χ2n) is 4.01. The third kappa shape index (κ3) is 3.39. The van der Waals surface area contributed by atoms with Crippen molar-refractivity contribution in [1.29, 1.82) is 0 Å². The first-order chi connectivity index (χ1) is 9.60. The highest BCUT2D eigenvalue weighted by atomic mass is 35.5. The van der Waals surface area contributed by atoms with Crippen LogP contribution < -0.4 is 15.8 Å². The van der Waals surface area contributed by atoms with Crippen LogP contribution in [-0.2, 0) is 0 Å². The van der Waals surface area contributed by atoms with Crippen LogP contribution in [0.3, 0.4) is 0 Å². The fourth-order valence-corrected chi connectivity index (χ4v) is 1.74. The molecular weight excluding hydrogens is 278 g/mol. The summed E-state index contributed by atoms with van der Waals surface area (Å²) in [5, 5.41) is 3.07. The average molecular weight is 292 g/mol. The van der Waals surface area contributed by atoms with Crippen LogP contribution in [0.25, 0.3) is 0 Å². The number of anilines is 2. The Bertz CT molecular complexity index is 614. The Morgan fingerprint density at radius 2 is 2.20 bits per heavy atom.